The first-order valence-electron chi connectivity index (χ1n) is 5.47. The maximum atomic E-state index is 11.6. The molecule has 0 aromatic carbocycles. The van der Waals surface area contributed by atoms with Crippen LogP contribution >= 0.6 is 0 Å². The van der Waals surface area contributed by atoms with E-state index in [9.17, 15) is 4.79 Å². The SMILES string of the molecule is C/C=C/CCNC(=O)C1CCCCN1. The number of hydrogen-bond acceptors (Lipinski definition) is 2. The van der Waals surface area contributed by atoms with Gasteiger partial charge in [-0.25, -0.2) is 0 Å². The topological polar surface area (TPSA) is 41.1 Å². The van der Waals surface area contributed by atoms with Crippen LogP contribution in [0.15, 0.2) is 12.2 Å². The molecule has 1 heterocycles. The monoisotopic (exact) mass is 196 g/mol. The molecule has 1 unspecified atom stereocenters. The molecule has 1 rings (SSSR count). The maximum absolute atomic E-state index is 11.6. The molecule has 1 saturated heterocycles. The van der Waals surface area contributed by atoms with Crippen LogP contribution in [0.25, 0.3) is 0 Å². The van der Waals surface area contributed by atoms with E-state index in [0.717, 1.165) is 25.9 Å². The second kappa shape index (κ2) is 6.60. The molecule has 1 fully saturated rings. The van der Waals surface area contributed by atoms with E-state index in [0.29, 0.717) is 0 Å². The van der Waals surface area contributed by atoms with Gasteiger partial charge in [0, 0.05) is 6.54 Å². The fourth-order valence-electron chi connectivity index (χ4n) is 1.64. The lowest BCUT2D eigenvalue weighted by Crippen LogP contribution is -2.46. The van der Waals surface area contributed by atoms with Gasteiger partial charge in [0.15, 0.2) is 0 Å². The molecule has 1 atom stereocenters. The molecule has 1 aliphatic heterocycles. The Hall–Kier alpha value is -0.830. The van der Waals surface area contributed by atoms with Crippen molar-refractivity contribution in [1.82, 2.24) is 10.6 Å². The van der Waals surface area contributed by atoms with E-state index in [1.54, 1.807) is 0 Å². The van der Waals surface area contributed by atoms with Crippen molar-refractivity contribution in [2.75, 3.05) is 13.1 Å². The summed E-state index contributed by atoms with van der Waals surface area (Å²) < 4.78 is 0. The Morgan fingerprint density at radius 3 is 3.07 bits per heavy atom. The number of rotatable bonds is 4. The molecule has 1 aliphatic rings. The highest BCUT2D eigenvalue weighted by molar-refractivity contribution is 5.81. The van der Waals surface area contributed by atoms with E-state index in [1.165, 1.54) is 12.8 Å². The van der Waals surface area contributed by atoms with Gasteiger partial charge in [-0.05, 0) is 32.7 Å². The third-order valence-electron chi connectivity index (χ3n) is 2.47. The smallest absolute Gasteiger partial charge is 0.237 e. The zero-order chi connectivity index (χ0) is 10.2. The molecule has 0 aromatic rings. The molecule has 2 N–H and O–H groups in total. The highest BCUT2D eigenvalue weighted by Crippen LogP contribution is 2.06. The number of piperidine rings is 1. The minimum absolute atomic E-state index is 0.0503. The van der Waals surface area contributed by atoms with Crippen LogP contribution in [0.1, 0.15) is 32.6 Å². The molecule has 3 nitrogen and oxygen atoms in total. The van der Waals surface area contributed by atoms with Gasteiger partial charge < -0.3 is 10.6 Å². The second-order valence-corrected chi connectivity index (χ2v) is 3.65. The molecule has 0 radical (unpaired) electrons. The lowest BCUT2D eigenvalue weighted by Gasteiger charge is -2.22. The summed E-state index contributed by atoms with van der Waals surface area (Å²) in [5.41, 5.74) is 0. The van der Waals surface area contributed by atoms with Gasteiger partial charge >= 0.3 is 0 Å². The lowest BCUT2D eigenvalue weighted by molar-refractivity contribution is -0.123. The van der Waals surface area contributed by atoms with E-state index in [-0.39, 0.29) is 11.9 Å². The van der Waals surface area contributed by atoms with Crippen LogP contribution in [0.4, 0.5) is 0 Å². The van der Waals surface area contributed by atoms with Crippen molar-refractivity contribution >= 4 is 5.91 Å². The van der Waals surface area contributed by atoms with Crippen molar-refractivity contribution in [1.29, 1.82) is 0 Å². The summed E-state index contributed by atoms with van der Waals surface area (Å²) >= 11 is 0. The molecule has 1 amide bonds. The predicted molar refractivity (Wildman–Crippen MR) is 58.1 cm³/mol. The average Bonchev–Trinajstić information content (AvgIpc) is 2.25. The van der Waals surface area contributed by atoms with Crippen LogP contribution < -0.4 is 10.6 Å². The standard InChI is InChI=1S/C11H20N2O/c1-2-3-5-9-13-11(14)10-7-4-6-8-12-10/h2-3,10,12H,4-9H2,1H3,(H,13,14)/b3-2+. The third-order valence-corrected chi connectivity index (χ3v) is 2.47. The largest absolute Gasteiger partial charge is 0.354 e. The van der Waals surface area contributed by atoms with Gasteiger partial charge in [0.2, 0.25) is 5.91 Å². The summed E-state index contributed by atoms with van der Waals surface area (Å²) in [7, 11) is 0. The van der Waals surface area contributed by atoms with Crippen molar-refractivity contribution in [3.05, 3.63) is 12.2 Å². The zero-order valence-corrected chi connectivity index (χ0v) is 8.88. The highest BCUT2D eigenvalue weighted by atomic mass is 16.2. The van der Waals surface area contributed by atoms with Gasteiger partial charge in [-0.2, -0.15) is 0 Å². The molecule has 3 heteroatoms. The summed E-state index contributed by atoms with van der Waals surface area (Å²) in [5, 5.41) is 6.16. The fourth-order valence-corrected chi connectivity index (χ4v) is 1.64. The maximum Gasteiger partial charge on any atom is 0.237 e. The van der Waals surface area contributed by atoms with E-state index < -0.39 is 0 Å². The van der Waals surface area contributed by atoms with Crippen LogP contribution in [0.5, 0.6) is 0 Å². The Morgan fingerprint density at radius 2 is 2.43 bits per heavy atom. The van der Waals surface area contributed by atoms with E-state index >= 15 is 0 Å². The van der Waals surface area contributed by atoms with Crippen LogP contribution in [0.2, 0.25) is 0 Å². The van der Waals surface area contributed by atoms with E-state index in [2.05, 4.69) is 16.7 Å². The Morgan fingerprint density at radius 1 is 1.57 bits per heavy atom. The summed E-state index contributed by atoms with van der Waals surface area (Å²) in [6, 6.07) is 0.0503. The molecule has 14 heavy (non-hydrogen) atoms. The number of allylic oxidation sites excluding steroid dienone is 1. The highest BCUT2D eigenvalue weighted by Gasteiger charge is 2.19. The Bertz CT molecular complexity index is 195. The number of carbonyl (C=O) groups excluding carboxylic acids is 1. The second-order valence-electron chi connectivity index (χ2n) is 3.65. The summed E-state index contributed by atoms with van der Waals surface area (Å²) in [5.74, 6) is 0.161. The van der Waals surface area contributed by atoms with Gasteiger partial charge in [0.25, 0.3) is 0 Å². The number of hydrogen-bond donors (Lipinski definition) is 2. The number of amides is 1. The molecule has 0 aromatic heterocycles. The molecular weight excluding hydrogens is 176 g/mol. The van der Waals surface area contributed by atoms with Gasteiger partial charge in [0.1, 0.15) is 0 Å². The first-order chi connectivity index (χ1) is 6.84. The molecular formula is C11H20N2O. The van der Waals surface area contributed by atoms with Gasteiger partial charge in [-0.15, -0.1) is 0 Å². The lowest BCUT2D eigenvalue weighted by atomic mass is 10.0. The van der Waals surface area contributed by atoms with Crippen molar-refractivity contribution in [3.8, 4) is 0 Å². The molecule has 0 aliphatic carbocycles. The zero-order valence-electron chi connectivity index (χ0n) is 8.88. The van der Waals surface area contributed by atoms with Crippen molar-refractivity contribution in [3.63, 3.8) is 0 Å². The quantitative estimate of drug-likeness (QED) is 0.524. The van der Waals surface area contributed by atoms with Gasteiger partial charge in [-0.1, -0.05) is 18.6 Å². The van der Waals surface area contributed by atoms with E-state index in [4.69, 9.17) is 0 Å². The molecule has 0 spiro atoms. The van der Waals surface area contributed by atoms with Crippen LogP contribution in [0.3, 0.4) is 0 Å². The fraction of sp³-hybridized carbons (Fsp3) is 0.727. The van der Waals surface area contributed by atoms with E-state index in [1.807, 2.05) is 13.0 Å². The first-order valence-corrected chi connectivity index (χ1v) is 5.47. The molecule has 0 bridgehead atoms. The number of carbonyl (C=O) groups is 1. The normalized spacial score (nSPS) is 22.5. The van der Waals surface area contributed by atoms with Gasteiger partial charge in [-0.3, -0.25) is 4.79 Å². The van der Waals surface area contributed by atoms with Crippen LogP contribution in [-0.2, 0) is 4.79 Å². The summed E-state index contributed by atoms with van der Waals surface area (Å²) in [6.45, 7) is 3.72. The van der Waals surface area contributed by atoms with Crippen LogP contribution in [0, 0.1) is 0 Å². The van der Waals surface area contributed by atoms with Crippen molar-refractivity contribution < 1.29 is 4.79 Å². The molecule has 80 valence electrons. The number of nitrogens with one attached hydrogen (secondary N) is 2. The minimum Gasteiger partial charge on any atom is -0.354 e. The Labute approximate surface area is 86.0 Å². The Kier molecular flexibility index (Phi) is 5.30. The van der Waals surface area contributed by atoms with Gasteiger partial charge in [0.05, 0.1) is 6.04 Å². The summed E-state index contributed by atoms with van der Waals surface area (Å²) in [4.78, 5) is 11.6. The predicted octanol–water partition coefficient (Wildman–Crippen LogP) is 1.21. The third kappa shape index (κ3) is 3.92. The Balaban J connectivity index is 2.13. The van der Waals surface area contributed by atoms with Crippen molar-refractivity contribution in [2.24, 2.45) is 0 Å². The van der Waals surface area contributed by atoms with Crippen molar-refractivity contribution in [2.45, 2.75) is 38.6 Å². The average molecular weight is 196 g/mol. The minimum atomic E-state index is 0.0503. The summed E-state index contributed by atoms with van der Waals surface area (Å²) in [6.07, 6.45) is 8.34. The molecule has 0 saturated carbocycles. The first kappa shape index (κ1) is 11.2. The van der Waals surface area contributed by atoms with Crippen LogP contribution in [-0.4, -0.2) is 25.0 Å².